The van der Waals surface area contributed by atoms with Crippen LogP contribution in [0.4, 0.5) is 0 Å². The number of carbonyl (C=O) groups excluding carboxylic acids is 1. The number of carbonyl (C=O) groups is 1. The first-order valence-corrected chi connectivity index (χ1v) is 7.49. The lowest BCUT2D eigenvalue weighted by Gasteiger charge is -2.29. The van der Waals surface area contributed by atoms with Crippen molar-refractivity contribution in [2.24, 2.45) is 17.6 Å². The zero-order valence-electron chi connectivity index (χ0n) is 11.8. The molecule has 1 amide bonds. The number of rotatable bonds is 4. The molecule has 3 rings (SSSR count). The van der Waals surface area contributed by atoms with Gasteiger partial charge in [0.15, 0.2) is 0 Å². The summed E-state index contributed by atoms with van der Waals surface area (Å²) < 4.78 is 5.20. The summed E-state index contributed by atoms with van der Waals surface area (Å²) in [6.07, 6.45) is 5.26. The summed E-state index contributed by atoms with van der Waals surface area (Å²) in [7, 11) is 0. The summed E-state index contributed by atoms with van der Waals surface area (Å²) in [5.74, 6) is 2.13. The van der Waals surface area contributed by atoms with Crippen LogP contribution in [0.1, 0.15) is 25.0 Å². The zero-order chi connectivity index (χ0) is 13.9. The van der Waals surface area contributed by atoms with Crippen LogP contribution in [0, 0.1) is 11.8 Å². The second-order valence-corrected chi connectivity index (χ2v) is 6.07. The van der Waals surface area contributed by atoms with Crippen molar-refractivity contribution < 1.29 is 9.21 Å². The van der Waals surface area contributed by atoms with E-state index >= 15 is 0 Å². The quantitative estimate of drug-likeness (QED) is 0.860. The molecule has 3 unspecified atom stereocenters. The Hall–Kier alpha value is -1.33. The third kappa shape index (κ3) is 3.04. The molecule has 2 heterocycles. The van der Waals surface area contributed by atoms with Crippen molar-refractivity contribution in [3.8, 4) is 0 Å². The number of likely N-dealkylation sites (tertiary alicyclic amines) is 1. The normalized spacial score (nSPS) is 30.1. The number of fused-ring (bicyclic) bond motifs is 1. The van der Waals surface area contributed by atoms with Crippen molar-refractivity contribution in [3.05, 3.63) is 24.2 Å². The van der Waals surface area contributed by atoms with E-state index in [9.17, 15) is 4.79 Å². The lowest BCUT2D eigenvalue weighted by Crippen LogP contribution is -2.39. The Morgan fingerprint density at radius 3 is 3.10 bits per heavy atom. The van der Waals surface area contributed by atoms with Crippen molar-refractivity contribution in [2.75, 3.05) is 19.6 Å². The molecule has 0 radical (unpaired) electrons. The molecule has 1 aromatic rings. The topological polar surface area (TPSA) is 71.5 Å². The number of hydrogen-bond donors (Lipinski definition) is 2. The third-order valence-electron chi connectivity index (χ3n) is 4.64. The molecular formula is C15H23N3O2. The number of nitrogens with two attached hydrogens (primary N) is 1. The molecule has 3 atom stereocenters. The van der Waals surface area contributed by atoms with E-state index in [4.69, 9.17) is 10.2 Å². The summed E-state index contributed by atoms with van der Waals surface area (Å²) in [6.45, 7) is 2.93. The molecule has 110 valence electrons. The highest BCUT2D eigenvalue weighted by molar-refractivity contribution is 5.77. The van der Waals surface area contributed by atoms with Crippen LogP contribution in [0.2, 0.25) is 0 Å². The van der Waals surface area contributed by atoms with Gasteiger partial charge in [-0.1, -0.05) is 6.42 Å². The Bertz CT molecular complexity index is 446. The Balaban J connectivity index is 1.45. The van der Waals surface area contributed by atoms with Crippen molar-refractivity contribution in [2.45, 2.75) is 31.8 Å². The summed E-state index contributed by atoms with van der Waals surface area (Å²) >= 11 is 0. The molecule has 1 aliphatic carbocycles. The molecule has 1 saturated carbocycles. The van der Waals surface area contributed by atoms with Crippen LogP contribution in [0.5, 0.6) is 0 Å². The fourth-order valence-corrected chi connectivity index (χ4v) is 3.60. The Kier molecular flexibility index (Phi) is 4.08. The lowest BCUT2D eigenvalue weighted by molar-refractivity contribution is -0.122. The predicted molar refractivity (Wildman–Crippen MR) is 75.8 cm³/mol. The van der Waals surface area contributed by atoms with Crippen LogP contribution >= 0.6 is 0 Å². The minimum absolute atomic E-state index is 0.0635. The highest BCUT2D eigenvalue weighted by Crippen LogP contribution is 2.35. The summed E-state index contributed by atoms with van der Waals surface area (Å²) in [5.41, 5.74) is 6.20. The minimum atomic E-state index is 0.0635. The Morgan fingerprint density at radius 2 is 2.35 bits per heavy atom. The zero-order valence-corrected chi connectivity index (χ0v) is 11.8. The fourth-order valence-electron chi connectivity index (χ4n) is 3.60. The maximum absolute atomic E-state index is 12.0. The maximum atomic E-state index is 12.0. The monoisotopic (exact) mass is 277 g/mol. The first-order valence-electron chi connectivity index (χ1n) is 7.49. The van der Waals surface area contributed by atoms with Crippen molar-refractivity contribution in [1.29, 1.82) is 0 Å². The minimum Gasteiger partial charge on any atom is -0.467 e. The summed E-state index contributed by atoms with van der Waals surface area (Å²) in [6, 6.07) is 4.02. The van der Waals surface area contributed by atoms with Gasteiger partial charge in [0.05, 0.1) is 19.4 Å². The molecule has 5 heteroatoms. The smallest absolute Gasteiger partial charge is 0.234 e. The molecule has 1 saturated heterocycles. The van der Waals surface area contributed by atoms with E-state index in [-0.39, 0.29) is 5.91 Å². The van der Waals surface area contributed by atoms with Gasteiger partial charge in [-0.15, -0.1) is 0 Å². The average Bonchev–Trinajstić information content (AvgIpc) is 3.05. The fraction of sp³-hybridized carbons (Fsp3) is 0.667. The van der Waals surface area contributed by atoms with Crippen LogP contribution in [0.3, 0.4) is 0 Å². The van der Waals surface area contributed by atoms with Gasteiger partial charge in [0.25, 0.3) is 0 Å². The molecule has 2 fully saturated rings. The van der Waals surface area contributed by atoms with Gasteiger partial charge in [-0.25, -0.2) is 0 Å². The Labute approximate surface area is 119 Å². The number of nitrogens with zero attached hydrogens (tertiary/aromatic N) is 1. The second kappa shape index (κ2) is 5.97. The molecule has 0 spiro atoms. The molecule has 3 N–H and O–H groups in total. The van der Waals surface area contributed by atoms with Gasteiger partial charge < -0.3 is 15.5 Å². The van der Waals surface area contributed by atoms with Gasteiger partial charge in [0.2, 0.25) is 5.91 Å². The molecule has 1 aromatic heterocycles. The molecule has 20 heavy (non-hydrogen) atoms. The van der Waals surface area contributed by atoms with Crippen LogP contribution in [-0.2, 0) is 11.3 Å². The molecular weight excluding hydrogens is 254 g/mol. The Morgan fingerprint density at radius 1 is 1.45 bits per heavy atom. The predicted octanol–water partition coefficient (Wildman–Crippen LogP) is 0.955. The van der Waals surface area contributed by atoms with E-state index in [0.717, 1.165) is 25.3 Å². The van der Waals surface area contributed by atoms with Gasteiger partial charge in [0, 0.05) is 19.1 Å². The van der Waals surface area contributed by atoms with Gasteiger partial charge in [0.1, 0.15) is 5.76 Å². The van der Waals surface area contributed by atoms with Gasteiger partial charge >= 0.3 is 0 Å². The van der Waals surface area contributed by atoms with Crippen LogP contribution in [0.15, 0.2) is 22.8 Å². The molecule has 0 bridgehead atoms. The summed E-state index contributed by atoms with van der Waals surface area (Å²) in [5, 5.41) is 2.90. The van der Waals surface area contributed by atoms with Crippen molar-refractivity contribution >= 4 is 5.91 Å². The number of amides is 1. The van der Waals surface area contributed by atoms with E-state index < -0.39 is 0 Å². The van der Waals surface area contributed by atoms with E-state index in [1.807, 2.05) is 12.1 Å². The van der Waals surface area contributed by atoms with Gasteiger partial charge in [-0.3, -0.25) is 9.69 Å². The van der Waals surface area contributed by atoms with E-state index in [2.05, 4.69) is 10.2 Å². The maximum Gasteiger partial charge on any atom is 0.234 e. The average molecular weight is 277 g/mol. The van der Waals surface area contributed by atoms with Crippen LogP contribution in [-0.4, -0.2) is 36.5 Å². The molecule has 1 aliphatic heterocycles. The lowest BCUT2D eigenvalue weighted by atomic mass is 9.78. The van der Waals surface area contributed by atoms with E-state index in [1.165, 1.54) is 12.8 Å². The highest BCUT2D eigenvalue weighted by atomic mass is 16.3. The molecule has 0 aromatic carbocycles. The highest BCUT2D eigenvalue weighted by Gasteiger charge is 2.38. The van der Waals surface area contributed by atoms with Crippen molar-refractivity contribution in [3.63, 3.8) is 0 Å². The van der Waals surface area contributed by atoms with Crippen LogP contribution < -0.4 is 11.1 Å². The van der Waals surface area contributed by atoms with Crippen molar-refractivity contribution in [1.82, 2.24) is 10.2 Å². The standard InChI is InChI=1S/C15H23N3O2/c16-14-5-1-3-11-8-18(9-13(11)14)10-15(19)17-7-12-4-2-6-20-12/h2,4,6,11,13-14H,1,3,5,7-10,16H2,(H,17,19). The first kappa shape index (κ1) is 13.6. The molecule has 2 aliphatic rings. The number of nitrogens with one attached hydrogen (secondary N) is 1. The third-order valence-corrected chi connectivity index (χ3v) is 4.64. The number of hydrogen-bond acceptors (Lipinski definition) is 4. The molecule has 5 nitrogen and oxygen atoms in total. The largest absolute Gasteiger partial charge is 0.467 e. The first-order chi connectivity index (χ1) is 9.72. The van der Waals surface area contributed by atoms with Gasteiger partial charge in [-0.05, 0) is 36.8 Å². The van der Waals surface area contributed by atoms with Gasteiger partial charge in [-0.2, -0.15) is 0 Å². The van der Waals surface area contributed by atoms with E-state index in [1.54, 1.807) is 6.26 Å². The van der Waals surface area contributed by atoms with E-state index in [0.29, 0.717) is 31.0 Å². The number of furan rings is 1. The SMILES string of the molecule is NC1CCCC2CN(CC(=O)NCc3ccco3)CC12. The van der Waals surface area contributed by atoms with Crippen LogP contribution in [0.25, 0.3) is 0 Å². The summed E-state index contributed by atoms with van der Waals surface area (Å²) in [4.78, 5) is 14.2. The second-order valence-electron chi connectivity index (χ2n) is 6.07.